The van der Waals surface area contributed by atoms with Crippen LogP contribution < -0.4 is 10.1 Å². The molecule has 1 aromatic rings. The van der Waals surface area contributed by atoms with E-state index in [1.165, 1.54) is 18.2 Å². The molecule has 0 atom stereocenters. The van der Waals surface area contributed by atoms with Gasteiger partial charge in [-0.25, -0.2) is 0 Å². The number of benzene rings is 1. The average molecular weight is 292 g/mol. The number of ether oxygens (including phenoxy) is 1. The predicted octanol–water partition coefficient (Wildman–Crippen LogP) is 2.84. The quantitative estimate of drug-likeness (QED) is 0.861. The van der Waals surface area contributed by atoms with Crippen molar-refractivity contribution in [3.05, 3.63) is 35.5 Å². The van der Waals surface area contributed by atoms with E-state index in [-0.39, 0.29) is 16.9 Å². The summed E-state index contributed by atoms with van der Waals surface area (Å²) >= 11 is 0. The van der Waals surface area contributed by atoms with Crippen LogP contribution in [-0.4, -0.2) is 12.8 Å². The number of nitriles is 3. The van der Waals surface area contributed by atoms with E-state index in [2.05, 4.69) is 10.1 Å². The van der Waals surface area contributed by atoms with Gasteiger partial charge in [-0.2, -0.15) is 29.0 Å². The largest absolute Gasteiger partial charge is 0.483 e. The van der Waals surface area contributed by atoms with E-state index in [1.54, 1.807) is 18.2 Å². The van der Waals surface area contributed by atoms with Crippen LogP contribution in [0.2, 0.25) is 0 Å². The molecule has 1 aromatic carbocycles. The fourth-order valence-corrected chi connectivity index (χ4v) is 1.24. The van der Waals surface area contributed by atoms with E-state index in [4.69, 9.17) is 15.8 Å². The molecule has 8 heteroatoms. The van der Waals surface area contributed by atoms with Crippen molar-refractivity contribution >= 4 is 5.69 Å². The number of hydrogen-bond donors (Lipinski definition) is 1. The van der Waals surface area contributed by atoms with Gasteiger partial charge in [-0.1, -0.05) is 0 Å². The lowest BCUT2D eigenvalue weighted by Crippen LogP contribution is -2.19. The summed E-state index contributed by atoms with van der Waals surface area (Å²) in [4.78, 5) is 0. The number of hydrogen-bond acceptors (Lipinski definition) is 5. The first-order chi connectivity index (χ1) is 9.89. The Kier molecular flexibility index (Phi) is 5.17. The number of rotatable bonds is 4. The Hall–Kier alpha value is -3.18. The predicted molar refractivity (Wildman–Crippen MR) is 65.6 cm³/mol. The minimum Gasteiger partial charge on any atom is -0.483 e. The van der Waals surface area contributed by atoms with Gasteiger partial charge in [-0.05, 0) is 18.2 Å². The van der Waals surface area contributed by atoms with Gasteiger partial charge >= 0.3 is 6.18 Å². The second-order valence-corrected chi connectivity index (χ2v) is 3.65. The molecule has 1 rings (SSSR count). The van der Waals surface area contributed by atoms with Crippen molar-refractivity contribution in [2.45, 2.75) is 6.18 Å². The van der Waals surface area contributed by atoms with Gasteiger partial charge in [-0.15, -0.1) is 0 Å². The van der Waals surface area contributed by atoms with Gasteiger partial charge in [0, 0.05) is 11.9 Å². The van der Waals surface area contributed by atoms with E-state index >= 15 is 0 Å². The summed E-state index contributed by atoms with van der Waals surface area (Å²) < 4.78 is 40.7. The van der Waals surface area contributed by atoms with Gasteiger partial charge in [0.25, 0.3) is 0 Å². The summed E-state index contributed by atoms with van der Waals surface area (Å²) in [5.41, 5.74) is 0.0351. The summed E-state index contributed by atoms with van der Waals surface area (Å²) in [6, 6.07) is 8.74. The smallest absolute Gasteiger partial charge is 0.422 e. The van der Waals surface area contributed by atoms with Gasteiger partial charge in [0.05, 0.1) is 5.56 Å². The summed E-state index contributed by atoms with van der Waals surface area (Å²) in [5.74, 6) is -0.204. The molecule has 0 fully saturated rings. The molecule has 0 aromatic heterocycles. The fourth-order valence-electron chi connectivity index (χ4n) is 1.24. The highest BCUT2D eigenvalue weighted by atomic mass is 19.4. The van der Waals surface area contributed by atoms with Crippen LogP contribution in [0.3, 0.4) is 0 Å². The SMILES string of the molecule is N#CC(C#N)=CNc1ccc(OCC(F)(F)F)c(C#N)c1. The van der Waals surface area contributed by atoms with Gasteiger partial charge in [0.1, 0.15) is 29.5 Å². The number of halogens is 3. The Balaban J connectivity index is 2.90. The first-order valence-corrected chi connectivity index (χ1v) is 5.40. The Morgan fingerprint density at radius 1 is 1.24 bits per heavy atom. The topological polar surface area (TPSA) is 92.6 Å². The Morgan fingerprint density at radius 2 is 1.90 bits per heavy atom. The third kappa shape index (κ3) is 5.14. The second kappa shape index (κ2) is 6.83. The van der Waals surface area contributed by atoms with Gasteiger partial charge in [0.15, 0.2) is 6.61 Å². The lowest BCUT2D eigenvalue weighted by atomic mass is 10.2. The van der Waals surface area contributed by atoms with Crippen LogP contribution in [0.5, 0.6) is 5.75 Å². The van der Waals surface area contributed by atoms with Crippen LogP contribution in [0.1, 0.15) is 5.56 Å². The van der Waals surface area contributed by atoms with Crippen LogP contribution in [0.4, 0.5) is 18.9 Å². The summed E-state index contributed by atoms with van der Waals surface area (Å²) in [6.07, 6.45) is -3.38. The van der Waals surface area contributed by atoms with Crippen molar-refractivity contribution < 1.29 is 17.9 Å². The van der Waals surface area contributed by atoms with E-state index in [0.29, 0.717) is 5.69 Å². The molecule has 106 valence electrons. The Morgan fingerprint density at radius 3 is 2.43 bits per heavy atom. The number of nitrogens with zero attached hydrogens (tertiary/aromatic N) is 3. The molecular weight excluding hydrogens is 285 g/mol. The molecule has 0 aliphatic heterocycles. The second-order valence-electron chi connectivity index (χ2n) is 3.65. The molecule has 0 saturated heterocycles. The zero-order chi connectivity index (χ0) is 15.9. The van der Waals surface area contributed by atoms with E-state index < -0.39 is 12.8 Å². The normalized spacial score (nSPS) is 9.71. The molecule has 0 heterocycles. The third-order valence-corrected chi connectivity index (χ3v) is 2.12. The Bertz CT molecular complexity index is 659. The summed E-state index contributed by atoms with van der Waals surface area (Å²) in [7, 11) is 0. The molecule has 0 radical (unpaired) electrons. The number of allylic oxidation sites excluding steroid dienone is 1. The monoisotopic (exact) mass is 292 g/mol. The number of alkyl halides is 3. The molecule has 0 spiro atoms. The van der Waals surface area contributed by atoms with Crippen LogP contribution in [0.15, 0.2) is 30.0 Å². The molecule has 0 saturated carbocycles. The zero-order valence-electron chi connectivity index (χ0n) is 10.4. The van der Waals surface area contributed by atoms with Crippen molar-refractivity contribution in [3.63, 3.8) is 0 Å². The highest BCUT2D eigenvalue weighted by Crippen LogP contribution is 2.24. The molecule has 5 nitrogen and oxygen atoms in total. The van der Waals surface area contributed by atoms with Crippen molar-refractivity contribution in [2.24, 2.45) is 0 Å². The van der Waals surface area contributed by atoms with Crippen LogP contribution in [0.25, 0.3) is 0 Å². The van der Waals surface area contributed by atoms with Crippen LogP contribution in [-0.2, 0) is 0 Å². The lowest BCUT2D eigenvalue weighted by Gasteiger charge is -2.11. The van der Waals surface area contributed by atoms with Crippen LogP contribution in [0, 0.1) is 34.0 Å². The Labute approximate surface area is 118 Å². The molecule has 21 heavy (non-hydrogen) atoms. The molecule has 0 aliphatic rings. The van der Waals surface area contributed by atoms with E-state index in [0.717, 1.165) is 6.20 Å². The van der Waals surface area contributed by atoms with Gasteiger partial charge in [0.2, 0.25) is 0 Å². The molecular formula is C13H7F3N4O. The van der Waals surface area contributed by atoms with Crippen molar-refractivity contribution in [2.75, 3.05) is 11.9 Å². The van der Waals surface area contributed by atoms with Gasteiger partial charge < -0.3 is 10.1 Å². The molecule has 0 amide bonds. The molecule has 1 N–H and O–H groups in total. The number of nitrogens with one attached hydrogen (secondary N) is 1. The third-order valence-electron chi connectivity index (χ3n) is 2.12. The minimum absolute atomic E-state index is 0.104. The fraction of sp³-hybridized carbons (Fsp3) is 0.154. The zero-order valence-corrected chi connectivity index (χ0v) is 10.4. The van der Waals surface area contributed by atoms with Crippen molar-refractivity contribution in [1.82, 2.24) is 0 Å². The first kappa shape index (κ1) is 15.9. The van der Waals surface area contributed by atoms with Crippen LogP contribution >= 0.6 is 0 Å². The van der Waals surface area contributed by atoms with E-state index in [1.807, 2.05) is 0 Å². The molecule has 0 bridgehead atoms. The lowest BCUT2D eigenvalue weighted by molar-refractivity contribution is -0.153. The maximum Gasteiger partial charge on any atom is 0.422 e. The first-order valence-electron chi connectivity index (χ1n) is 5.40. The van der Waals surface area contributed by atoms with E-state index in [9.17, 15) is 13.2 Å². The van der Waals surface area contributed by atoms with Gasteiger partial charge in [-0.3, -0.25) is 0 Å². The average Bonchev–Trinajstić information content (AvgIpc) is 2.45. The summed E-state index contributed by atoms with van der Waals surface area (Å²) in [5, 5.41) is 28.5. The standard InChI is InChI=1S/C13H7F3N4O/c14-13(15,16)8-21-12-2-1-11(3-10(12)6-19)20-7-9(4-17)5-18/h1-3,7,20H,8H2. The molecule has 0 aliphatic carbocycles. The van der Waals surface area contributed by atoms with Crippen molar-refractivity contribution in [3.8, 4) is 24.0 Å². The minimum atomic E-state index is -4.50. The maximum absolute atomic E-state index is 12.1. The molecule has 0 unspecified atom stereocenters. The summed E-state index contributed by atoms with van der Waals surface area (Å²) in [6.45, 7) is -1.50. The maximum atomic E-state index is 12.1. The highest BCUT2D eigenvalue weighted by molar-refractivity contribution is 5.57. The van der Waals surface area contributed by atoms with Crippen molar-refractivity contribution in [1.29, 1.82) is 15.8 Å². The highest BCUT2D eigenvalue weighted by Gasteiger charge is 2.28. The number of anilines is 1.